The van der Waals surface area contributed by atoms with E-state index >= 15 is 0 Å². The Kier molecular flexibility index (Phi) is 3.09. The van der Waals surface area contributed by atoms with E-state index in [2.05, 4.69) is 0 Å². The first-order chi connectivity index (χ1) is 10.3. The Labute approximate surface area is 125 Å². The van der Waals surface area contributed by atoms with E-state index < -0.39 is 5.79 Å². The molecule has 118 valence electrons. The van der Waals surface area contributed by atoms with Crippen molar-refractivity contribution in [3.8, 4) is 0 Å². The molecule has 5 nitrogen and oxygen atoms in total. The molecule has 3 heterocycles. The molecule has 5 rings (SSSR count). The van der Waals surface area contributed by atoms with Crippen LogP contribution in [0.5, 0.6) is 0 Å². The summed E-state index contributed by atoms with van der Waals surface area (Å²) in [5, 5.41) is 0. The molecular weight excluding hydrogens is 272 g/mol. The van der Waals surface area contributed by atoms with Crippen LogP contribution in [-0.2, 0) is 23.7 Å². The highest BCUT2D eigenvalue weighted by Gasteiger charge is 2.54. The van der Waals surface area contributed by atoms with Gasteiger partial charge in [0.1, 0.15) is 18.8 Å². The van der Waals surface area contributed by atoms with Gasteiger partial charge in [0, 0.05) is 6.42 Å². The van der Waals surface area contributed by atoms with Crippen molar-refractivity contribution in [2.45, 2.75) is 87.4 Å². The number of ether oxygens (including phenoxy) is 5. The van der Waals surface area contributed by atoms with Crippen LogP contribution in [0, 0.1) is 0 Å². The smallest absolute Gasteiger partial charge is 0.194 e. The second-order valence-corrected chi connectivity index (χ2v) is 7.16. The van der Waals surface area contributed by atoms with Crippen molar-refractivity contribution in [1.82, 2.24) is 0 Å². The van der Waals surface area contributed by atoms with Gasteiger partial charge in [0.25, 0.3) is 0 Å². The van der Waals surface area contributed by atoms with E-state index in [1.807, 2.05) is 0 Å². The average Bonchev–Trinajstić information content (AvgIpc) is 3.34. The van der Waals surface area contributed by atoms with E-state index in [-0.39, 0.29) is 12.2 Å². The number of hydrogen-bond acceptors (Lipinski definition) is 5. The Balaban J connectivity index is 1.17. The Bertz CT molecular complexity index is 409. The highest BCUT2D eigenvalue weighted by atomic mass is 16.8. The molecule has 0 spiro atoms. The first-order valence-corrected chi connectivity index (χ1v) is 8.57. The van der Waals surface area contributed by atoms with Crippen LogP contribution in [0.2, 0.25) is 0 Å². The number of fused-ring (bicyclic) bond motifs is 2. The van der Waals surface area contributed by atoms with Gasteiger partial charge in [0.15, 0.2) is 5.79 Å². The average molecular weight is 296 g/mol. The molecular formula is C16H24O5. The fourth-order valence-corrected chi connectivity index (χ4v) is 4.19. The van der Waals surface area contributed by atoms with Gasteiger partial charge in [-0.2, -0.15) is 0 Å². The molecule has 0 aromatic heterocycles. The summed E-state index contributed by atoms with van der Waals surface area (Å²) >= 11 is 0. The molecule has 5 aliphatic rings. The highest BCUT2D eigenvalue weighted by Crippen LogP contribution is 2.43. The molecule has 3 aliphatic heterocycles. The predicted octanol–water partition coefficient (Wildman–Crippen LogP) is 1.78. The van der Waals surface area contributed by atoms with Crippen LogP contribution in [0.3, 0.4) is 0 Å². The molecule has 7 atom stereocenters. The van der Waals surface area contributed by atoms with Crippen molar-refractivity contribution in [2.24, 2.45) is 0 Å². The van der Waals surface area contributed by atoms with Crippen LogP contribution < -0.4 is 0 Å². The Morgan fingerprint density at radius 1 is 0.905 bits per heavy atom. The fraction of sp³-hybridized carbons (Fsp3) is 1.00. The van der Waals surface area contributed by atoms with E-state index in [1.54, 1.807) is 0 Å². The molecule has 21 heavy (non-hydrogen) atoms. The molecule has 2 saturated carbocycles. The number of hydrogen-bond donors (Lipinski definition) is 0. The molecule has 0 aromatic carbocycles. The van der Waals surface area contributed by atoms with Gasteiger partial charge in [-0.3, -0.25) is 0 Å². The summed E-state index contributed by atoms with van der Waals surface area (Å²) in [7, 11) is 0. The van der Waals surface area contributed by atoms with Crippen LogP contribution in [0.15, 0.2) is 0 Å². The van der Waals surface area contributed by atoms with Gasteiger partial charge >= 0.3 is 0 Å². The molecule has 5 heteroatoms. The standard InChI is InChI=1S/C16H24O5/c1-3-10(14-11(4-1)19-14)17-9-16(7-8-18-16)21-13-6-2-5-12-15(13)20-12/h10-15H,1-9H2. The van der Waals surface area contributed by atoms with Crippen LogP contribution in [0.1, 0.15) is 44.9 Å². The lowest BCUT2D eigenvalue weighted by Gasteiger charge is -2.44. The van der Waals surface area contributed by atoms with Gasteiger partial charge in [-0.25, -0.2) is 0 Å². The highest BCUT2D eigenvalue weighted by molar-refractivity contribution is 4.98. The minimum Gasteiger partial charge on any atom is -0.370 e. The molecule has 3 saturated heterocycles. The van der Waals surface area contributed by atoms with Gasteiger partial charge < -0.3 is 23.7 Å². The van der Waals surface area contributed by atoms with E-state index in [4.69, 9.17) is 23.7 Å². The van der Waals surface area contributed by atoms with Gasteiger partial charge in [-0.15, -0.1) is 0 Å². The van der Waals surface area contributed by atoms with Crippen LogP contribution in [0.4, 0.5) is 0 Å². The zero-order chi connectivity index (χ0) is 13.9. The van der Waals surface area contributed by atoms with Gasteiger partial charge in [-0.1, -0.05) is 0 Å². The number of rotatable bonds is 5. The maximum Gasteiger partial charge on any atom is 0.194 e. The molecule has 7 unspecified atom stereocenters. The SMILES string of the molecule is C1CC(OCC2(OC3CCCC4OC43)CCO2)C2OC2C1. The van der Waals surface area contributed by atoms with E-state index in [0.717, 1.165) is 25.9 Å². The molecule has 0 N–H and O–H groups in total. The van der Waals surface area contributed by atoms with Crippen molar-refractivity contribution in [1.29, 1.82) is 0 Å². The van der Waals surface area contributed by atoms with E-state index in [1.165, 1.54) is 25.7 Å². The second-order valence-electron chi connectivity index (χ2n) is 7.16. The monoisotopic (exact) mass is 296 g/mol. The minimum absolute atomic E-state index is 0.198. The van der Waals surface area contributed by atoms with E-state index in [9.17, 15) is 0 Å². The summed E-state index contributed by atoms with van der Waals surface area (Å²) < 4.78 is 29.5. The molecule has 0 aromatic rings. The minimum atomic E-state index is -0.514. The van der Waals surface area contributed by atoms with Gasteiger partial charge in [-0.05, 0) is 38.5 Å². The zero-order valence-corrected chi connectivity index (χ0v) is 12.4. The van der Waals surface area contributed by atoms with Crippen LogP contribution in [0.25, 0.3) is 0 Å². The number of epoxide rings is 2. The summed E-state index contributed by atoms with van der Waals surface area (Å²) in [6.07, 6.45) is 9.91. The lowest BCUT2D eigenvalue weighted by Crippen LogP contribution is -2.54. The predicted molar refractivity (Wildman–Crippen MR) is 72.9 cm³/mol. The van der Waals surface area contributed by atoms with Crippen molar-refractivity contribution in [3.05, 3.63) is 0 Å². The van der Waals surface area contributed by atoms with Crippen molar-refractivity contribution in [3.63, 3.8) is 0 Å². The summed E-state index contributed by atoms with van der Waals surface area (Å²) in [5.41, 5.74) is 0. The third kappa shape index (κ3) is 2.43. The largest absolute Gasteiger partial charge is 0.370 e. The molecule has 0 bridgehead atoms. The van der Waals surface area contributed by atoms with Crippen molar-refractivity contribution >= 4 is 0 Å². The Morgan fingerprint density at radius 3 is 2.24 bits per heavy atom. The first-order valence-electron chi connectivity index (χ1n) is 8.57. The topological polar surface area (TPSA) is 52.8 Å². The van der Waals surface area contributed by atoms with Crippen LogP contribution >= 0.6 is 0 Å². The first kappa shape index (κ1) is 13.3. The normalized spacial score (nSPS) is 54.3. The Hall–Kier alpha value is -0.200. The molecule has 5 fully saturated rings. The maximum absolute atomic E-state index is 6.30. The van der Waals surface area contributed by atoms with Gasteiger partial charge in [0.05, 0.1) is 31.0 Å². The third-order valence-electron chi connectivity index (χ3n) is 5.66. The zero-order valence-electron chi connectivity index (χ0n) is 12.4. The quantitative estimate of drug-likeness (QED) is 0.724. The van der Waals surface area contributed by atoms with Crippen LogP contribution in [-0.4, -0.2) is 55.6 Å². The molecule has 0 radical (unpaired) electrons. The summed E-state index contributed by atoms with van der Waals surface area (Å²) in [6.45, 7) is 1.32. The van der Waals surface area contributed by atoms with Crippen molar-refractivity contribution in [2.75, 3.05) is 13.2 Å². The summed E-state index contributed by atoms with van der Waals surface area (Å²) in [6, 6.07) is 0. The maximum atomic E-state index is 6.30. The lowest BCUT2D eigenvalue weighted by atomic mass is 9.96. The summed E-state index contributed by atoms with van der Waals surface area (Å²) in [4.78, 5) is 0. The lowest BCUT2D eigenvalue weighted by molar-refractivity contribution is -0.347. The summed E-state index contributed by atoms with van der Waals surface area (Å²) in [5.74, 6) is -0.514. The van der Waals surface area contributed by atoms with Gasteiger partial charge in [0.2, 0.25) is 0 Å². The second kappa shape index (κ2) is 4.90. The van der Waals surface area contributed by atoms with Crippen molar-refractivity contribution < 1.29 is 23.7 Å². The molecule has 0 amide bonds. The third-order valence-corrected chi connectivity index (χ3v) is 5.66. The van der Waals surface area contributed by atoms with E-state index in [0.29, 0.717) is 31.0 Å². The molecule has 2 aliphatic carbocycles. The Morgan fingerprint density at radius 2 is 1.57 bits per heavy atom. The fourth-order valence-electron chi connectivity index (χ4n) is 4.19.